The molecule has 55 heavy (non-hydrogen) atoms. The number of hydrogen-bond donors (Lipinski definition) is 0. The zero-order valence-corrected chi connectivity index (χ0v) is 31.2. The molecule has 2 heteroatoms. The van der Waals surface area contributed by atoms with Crippen LogP contribution in [0.3, 0.4) is 0 Å². The van der Waals surface area contributed by atoms with Crippen LogP contribution in [0.4, 0.5) is 17.1 Å². The maximum absolute atomic E-state index is 6.84. The van der Waals surface area contributed by atoms with Gasteiger partial charge in [-0.15, -0.1) is 0 Å². The Hall–Kier alpha value is -6.64. The SMILES string of the molecule is CC1(C)c2ccccc2-c2ccc(N(c3ccc(-c4ccccc4)cc3)c3ccc4c(c3)oc3cccc(C5(C)c6ccccc6-c6ccccc65)c34)cc21. The topological polar surface area (TPSA) is 16.4 Å². The maximum atomic E-state index is 6.84. The van der Waals surface area contributed by atoms with Gasteiger partial charge in [0.25, 0.3) is 0 Å². The second-order valence-corrected chi connectivity index (χ2v) is 15.8. The van der Waals surface area contributed by atoms with E-state index in [1.807, 2.05) is 0 Å². The Balaban J connectivity index is 1.09. The van der Waals surface area contributed by atoms with E-state index in [-0.39, 0.29) is 10.8 Å². The summed E-state index contributed by atoms with van der Waals surface area (Å²) in [6, 6.07) is 66.5. The lowest BCUT2D eigenvalue weighted by Gasteiger charge is -2.29. The number of fused-ring (bicyclic) bond motifs is 9. The van der Waals surface area contributed by atoms with E-state index >= 15 is 0 Å². The van der Waals surface area contributed by atoms with Crippen molar-refractivity contribution in [2.45, 2.75) is 31.6 Å². The van der Waals surface area contributed by atoms with E-state index in [1.165, 1.54) is 66.6 Å². The summed E-state index contributed by atoms with van der Waals surface area (Å²) in [4.78, 5) is 2.38. The fourth-order valence-corrected chi connectivity index (χ4v) is 9.83. The average molecular weight is 706 g/mol. The predicted molar refractivity (Wildman–Crippen MR) is 229 cm³/mol. The van der Waals surface area contributed by atoms with E-state index in [9.17, 15) is 0 Å². The van der Waals surface area contributed by atoms with Crippen LogP contribution < -0.4 is 4.90 Å². The summed E-state index contributed by atoms with van der Waals surface area (Å²) in [6.45, 7) is 7.08. The number of nitrogens with zero attached hydrogens (tertiary/aromatic N) is 1. The number of furan rings is 1. The zero-order valence-electron chi connectivity index (χ0n) is 31.2. The minimum absolute atomic E-state index is 0.114. The third kappa shape index (κ3) is 4.55. The lowest BCUT2D eigenvalue weighted by molar-refractivity contribution is 0.660. The predicted octanol–water partition coefficient (Wildman–Crippen LogP) is 14.4. The first-order chi connectivity index (χ1) is 26.9. The summed E-state index contributed by atoms with van der Waals surface area (Å²) in [5, 5.41) is 2.30. The highest BCUT2D eigenvalue weighted by Gasteiger charge is 2.42. The van der Waals surface area contributed by atoms with Gasteiger partial charge in [-0.25, -0.2) is 0 Å². The van der Waals surface area contributed by atoms with Gasteiger partial charge >= 0.3 is 0 Å². The van der Waals surface area contributed by atoms with Crippen molar-refractivity contribution in [3.05, 3.63) is 210 Å². The zero-order chi connectivity index (χ0) is 36.9. The smallest absolute Gasteiger partial charge is 0.137 e. The molecule has 262 valence electrons. The lowest BCUT2D eigenvalue weighted by atomic mass is 9.73. The standard InChI is InChI=1S/C53H39NO/c1-52(2)44-19-10-7-16-39(44)42-30-28-37(32-48(42)52)54(36-26-24-35(25-27-36)34-14-5-4-6-15-34)38-29-31-43-50(33-38)55-49-23-13-22-47(51(43)49)53(3)45-20-11-8-17-40(45)41-18-9-12-21-46(41)53/h4-33H,1-3H3. The van der Waals surface area contributed by atoms with Gasteiger partial charge in [0.15, 0.2) is 0 Å². The number of benzene rings is 8. The van der Waals surface area contributed by atoms with Crippen molar-refractivity contribution >= 4 is 39.0 Å². The molecule has 2 aliphatic carbocycles. The molecule has 0 spiro atoms. The highest BCUT2D eigenvalue weighted by molar-refractivity contribution is 6.09. The van der Waals surface area contributed by atoms with E-state index in [2.05, 4.69) is 208 Å². The first-order valence-corrected chi connectivity index (χ1v) is 19.3. The molecule has 2 aliphatic rings. The van der Waals surface area contributed by atoms with Crippen LogP contribution in [0.15, 0.2) is 186 Å². The van der Waals surface area contributed by atoms with Gasteiger partial charge in [0.2, 0.25) is 0 Å². The molecule has 0 bridgehead atoms. The van der Waals surface area contributed by atoms with E-state index in [0.29, 0.717) is 0 Å². The van der Waals surface area contributed by atoms with Gasteiger partial charge in [0.1, 0.15) is 11.2 Å². The second-order valence-electron chi connectivity index (χ2n) is 15.8. The van der Waals surface area contributed by atoms with Crippen molar-refractivity contribution in [1.82, 2.24) is 0 Å². The molecule has 0 saturated heterocycles. The van der Waals surface area contributed by atoms with Gasteiger partial charge in [0.05, 0.1) is 0 Å². The molecule has 1 aromatic heterocycles. The van der Waals surface area contributed by atoms with Crippen LogP contribution in [0.5, 0.6) is 0 Å². The molecule has 0 aliphatic heterocycles. The van der Waals surface area contributed by atoms with Crippen LogP contribution in [0.1, 0.15) is 48.6 Å². The summed E-state index contributed by atoms with van der Waals surface area (Å²) >= 11 is 0. The number of rotatable bonds is 5. The molecule has 1 heterocycles. The maximum Gasteiger partial charge on any atom is 0.137 e. The Kier molecular flexibility index (Phi) is 6.76. The Morgan fingerprint density at radius 3 is 1.62 bits per heavy atom. The molecule has 0 atom stereocenters. The summed E-state index contributed by atoms with van der Waals surface area (Å²) in [7, 11) is 0. The molecule has 0 fully saturated rings. The van der Waals surface area contributed by atoms with Crippen molar-refractivity contribution in [3.8, 4) is 33.4 Å². The second kappa shape index (κ2) is 11.7. The Labute approximate surface area is 322 Å². The molecule has 0 N–H and O–H groups in total. The minimum atomic E-state index is -0.330. The monoisotopic (exact) mass is 705 g/mol. The summed E-state index contributed by atoms with van der Waals surface area (Å²) in [5.74, 6) is 0. The van der Waals surface area contributed by atoms with Gasteiger partial charge in [-0.3, -0.25) is 0 Å². The highest BCUT2D eigenvalue weighted by Crippen LogP contribution is 2.55. The lowest BCUT2D eigenvalue weighted by Crippen LogP contribution is -2.22. The summed E-state index contributed by atoms with van der Waals surface area (Å²) in [5.41, 5.74) is 18.9. The van der Waals surface area contributed by atoms with Gasteiger partial charge in [0, 0.05) is 44.7 Å². The van der Waals surface area contributed by atoms with E-state index in [4.69, 9.17) is 4.42 Å². The van der Waals surface area contributed by atoms with Crippen molar-refractivity contribution in [2.75, 3.05) is 4.90 Å². The van der Waals surface area contributed by atoms with Crippen molar-refractivity contribution in [3.63, 3.8) is 0 Å². The minimum Gasteiger partial charge on any atom is -0.456 e. The fourth-order valence-electron chi connectivity index (χ4n) is 9.83. The van der Waals surface area contributed by atoms with Crippen LogP contribution in [-0.2, 0) is 10.8 Å². The molecule has 0 unspecified atom stereocenters. The van der Waals surface area contributed by atoms with Crippen molar-refractivity contribution in [1.29, 1.82) is 0 Å². The third-order valence-electron chi connectivity index (χ3n) is 12.6. The van der Waals surface area contributed by atoms with Gasteiger partial charge in [-0.1, -0.05) is 147 Å². The van der Waals surface area contributed by atoms with Gasteiger partial charge < -0.3 is 9.32 Å². The number of anilines is 3. The average Bonchev–Trinajstić information content (AvgIpc) is 3.82. The van der Waals surface area contributed by atoms with Crippen LogP contribution in [-0.4, -0.2) is 0 Å². The molecule has 0 saturated carbocycles. The normalized spacial score (nSPS) is 14.4. The van der Waals surface area contributed by atoms with E-state index in [1.54, 1.807) is 0 Å². The molecule has 2 nitrogen and oxygen atoms in total. The van der Waals surface area contributed by atoms with Gasteiger partial charge in [-0.05, 0) is 111 Å². The summed E-state index contributed by atoms with van der Waals surface area (Å²) < 4.78 is 6.84. The molecule has 11 rings (SSSR count). The van der Waals surface area contributed by atoms with Crippen molar-refractivity contribution < 1.29 is 4.42 Å². The van der Waals surface area contributed by atoms with Crippen molar-refractivity contribution in [2.24, 2.45) is 0 Å². The van der Waals surface area contributed by atoms with Crippen LogP contribution in [0.2, 0.25) is 0 Å². The van der Waals surface area contributed by atoms with Crippen LogP contribution in [0, 0.1) is 0 Å². The first-order valence-electron chi connectivity index (χ1n) is 19.3. The Morgan fingerprint density at radius 1 is 0.382 bits per heavy atom. The highest BCUT2D eigenvalue weighted by atomic mass is 16.3. The third-order valence-corrected chi connectivity index (χ3v) is 12.6. The Bertz CT molecular complexity index is 2920. The first kappa shape index (κ1) is 31.8. The molecular formula is C53H39NO. The van der Waals surface area contributed by atoms with E-state index < -0.39 is 0 Å². The quantitative estimate of drug-likeness (QED) is 0.177. The molecule has 0 amide bonds. The molecule has 8 aromatic carbocycles. The van der Waals surface area contributed by atoms with E-state index in [0.717, 1.165) is 33.6 Å². The molecular weight excluding hydrogens is 667 g/mol. The molecule has 0 radical (unpaired) electrons. The largest absolute Gasteiger partial charge is 0.456 e. The Morgan fingerprint density at radius 2 is 0.909 bits per heavy atom. The number of hydrogen-bond acceptors (Lipinski definition) is 2. The van der Waals surface area contributed by atoms with Crippen LogP contribution >= 0.6 is 0 Å². The van der Waals surface area contributed by atoms with Gasteiger partial charge in [-0.2, -0.15) is 0 Å². The molecule has 9 aromatic rings. The summed E-state index contributed by atoms with van der Waals surface area (Å²) in [6.07, 6.45) is 0. The fraction of sp³-hybridized carbons (Fsp3) is 0.0943. The van der Waals surface area contributed by atoms with Crippen LogP contribution in [0.25, 0.3) is 55.3 Å².